The fourth-order valence-electron chi connectivity index (χ4n) is 3.78. The molecule has 0 amide bonds. The van der Waals surface area contributed by atoms with Crippen molar-refractivity contribution in [3.8, 4) is 0 Å². The van der Waals surface area contributed by atoms with E-state index in [1.807, 2.05) is 19.1 Å². The van der Waals surface area contributed by atoms with Gasteiger partial charge in [-0.25, -0.2) is 4.79 Å². The van der Waals surface area contributed by atoms with Crippen LogP contribution in [0.1, 0.15) is 60.6 Å². The molecular weight excluding hydrogens is 358 g/mol. The smallest absolute Gasteiger partial charge is 0.355 e. The minimum Gasteiger partial charge on any atom is -0.461 e. The van der Waals surface area contributed by atoms with Gasteiger partial charge in [-0.2, -0.15) is 0 Å². The highest BCUT2D eigenvalue weighted by Gasteiger charge is 2.19. The third kappa shape index (κ3) is 5.01. The molecule has 0 radical (unpaired) electrons. The number of H-pyrrole nitrogens is 1. The number of ether oxygens (including phenoxy) is 1. The van der Waals surface area contributed by atoms with E-state index in [-0.39, 0.29) is 5.97 Å². The molecule has 0 saturated heterocycles. The van der Waals surface area contributed by atoms with Gasteiger partial charge in [0.25, 0.3) is 0 Å². The molecular formula is C21H29N3O2S. The van der Waals surface area contributed by atoms with E-state index in [0.29, 0.717) is 36.4 Å². The van der Waals surface area contributed by atoms with Gasteiger partial charge >= 0.3 is 5.97 Å². The van der Waals surface area contributed by atoms with Gasteiger partial charge in [-0.1, -0.05) is 30.9 Å². The first kappa shape index (κ1) is 19.7. The molecule has 6 heteroatoms. The number of aromatic amines is 1. The summed E-state index contributed by atoms with van der Waals surface area (Å²) in [5.41, 5.74) is 3.66. The highest BCUT2D eigenvalue weighted by molar-refractivity contribution is 7.80. The lowest BCUT2D eigenvalue weighted by molar-refractivity contribution is 0.0519. The maximum Gasteiger partial charge on any atom is 0.355 e. The van der Waals surface area contributed by atoms with Crippen molar-refractivity contribution >= 4 is 34.2 Å². The van der Waals surface area contributed by atoms with Crippen molar-refractivity contribution in [2.75, 3.05) is 13.2 Å². The van der Waals surface area contributed by atoms with Crippen molar-refractivity contribution in [1.29, 1.82) is 0 Å². The van der Waals surface area contributed by atoms with Crippen LogP contribution in [0.4, 0.5) is 0 Å². The number of hydrogen-bond acceptors (Lipinski definition) is 3. The van der Waals surface area contributed by atoms with E-state index in [1.165, 1.54) is 37.7 Å². The first-order valence-corrected chi connectivity index (χ1v) is 10.3. The molecule has 146 valence electrons. The van der Waals surface area contributed by atoms with E-state index in [4.69, 9.17) is 17.0 Å². The van der Waals surface area contributed by atoms with Gasteiger partial charge in [-0.15, -0.1) is 0 Å². The number of fused-ring (bicyclic) bond motifs is 1. The van der Waals surface area contributed by atoms with Crippen LogP contribution in [0, 0.1) is 6.92 Å². The molecule has 1 saturated carbocycles. The zero-order valence-corrected chi connectivity index (χ0v) is 17.0. The molecule has 3 rings (SSSR count). The molecule has 0 atom stereocenters. The van der Waals surface area contributed by atoms with E-state index >= 15 is 0 Å². The van der Waals surface area contributed by atoms with Gasteiger partial charge in [-0.05, 0) is 63.0 Å². The van der Waals surface area contributed by atoms with Crippen molar-refractivity contribution in [2.45, 2.75) is 58.4 Å². The van der Waals surface area contributed by atoms with Gasteiger partial charge in [0, 0.05) is 23.5 Å². The third-order valence-corrected chi connectivity index (χ3v) is 5.40. The van der Waals surface area contributed by atoms with Crippen LogP contribution in [0.2, 0.25) is 0 Å². The van der Waals surface area contributed by atoms with Crippen LogP contribution >= 0.6 is 12.2 Å². The molecule has 27 heavy (non-hydrogen) atoms. The van der Waals surface area contributed by atoms with Gasteiger partial charge in [0.05, 0.1) is 6.61 Å². The summed E-state index contributed by atoms with van der Waals surface area (Å²) in [6.45, 7) is 4.91. The highest BCUT2D eigenvalue weighted by atomic mass is 32.1. The fraction of sp³-hybridized carbons (Fsp3) is 0.524. The summed E-state index contributed by atoms with van der Waals surface area (Å²) in [6.07, 6.45) is 6.96. The van der Waals surface area contributed by atoms with Crippen LogP contribution < -0.4 is 10.6 Å². The van der Waals surface area contributed by atoms with Crippen molar-refractivity contribution in [1.82, 2.24) is 15.6 Å². The van der Waals surface area contributed by atoms with Crippen molar-refractivity contribution in [3.05, 3.63) is 35.0 Å². The molecule has 3 N–H and O–H groups in total. The van der Waals surface area contributed by atoms with Gasteiger partial charge in [-0.3, -0.25) is 0 Å². The quantitative estimate of drug-likeness (QED) is 0.517. The average molecular weight is 388 g/mol. The Hall–Kier alpha value is -2.08. The Labute approximate surface area is 166 Å². The van der Waals surface area contributed by atoms with Crippen LogP contribution in [-0.4, -0.2) is 35.3 Å². The molecule has 1 fully saturated rings. The second-order valence-corrected chi connectivity index (χ2v) is 7.64. The molecule has 0 bridgehead atoms. The predicted molar refractivity (Wildman–Crippen MR) is 113 cm³/mol. The minimum atomic E-state index is -0.302. The maximum absolute atomic E-state index is 12.4. The van der Waals surface area contributed by atoms with Crippen molar-refractivity contribution in [2.24, 2.45) is 0 Å². The Morgan fingerprint density at radius 1 is 1.30 bits per heavy atom. The monoisotopic (exact) mass is 387 g/mol. The van der Waals surface area contributed by atoms with Crippen LogP contribution in [0.25, 0.3) is 10.9 Å². The average Bonchev–Trinajstić information content (AvgIpc) is 3.01. The summed E-state index contributed by atoms with van der Waals surface area (Å²) in [5, 5.41) is 8.50. The lowest BCUT2D eigenvalue weighted by Crippen LogP contribution is -2.43. The Morgan fingerprint density at radius 3 is 2.81 bits per heavy atom. The van der Waals surface area contributed by atoms with Gasteiger partial charge in [0.2, 0.25) is 0 Å². The third-order valence-electron chi connectivity index (χ3n) is 5.14. The SMILES string of the molecule is CCOC(=O)c1[nH]c2ccc(C)cc2c1CCNC(=S)NC1CCCCC1. The Balaban J connectivity index is 1.67. The molecule has 5 nitrogen and oxygen atoms in total. The Morgan fingerprint density at radius 2 is 2.07 bits per heavy atom. The summed E-state index contributed by atoms with van der Waals surface area (Å²) >= 11 is 5.45. The molecule has 1 aliphatic carbocycles. The van der Waals surface area contributed by atoms with Crippen LogP contribution in [0.5, 0.6) is 0 Å². The fourth-order valence-corrected chi connectivity index (χ4v) is 4.05. The number of aromatic nitrogens is 1. The predicted octanol–water partition coefficient (Wildman–Crippen LogP) is 3.99. The number of carbonyl (C=O) groups excluding carboxylic acids is 1. The first-order chi connectivity index (χ1) is 13.1. The number of nitrogens with one attached hydrogen (secondary N) is 3. The Bertz CT molecular complexity index is 809. The molecule has 0 aliphatic heterocycles. The number of rotatable bonds is 6. The van der Waals surface area contributed by atoms with E-state index in [9.17, 15) is 4.79 Å². The van der Waals surface area contributed by atoms with E-state index < -0.39 is 0 Å². The molecule has 2 aromatic rings. The lowest BCUT2D eigenvalue weighted by atomic mass is 9.96. The van der Waals surface area contributed by atoms with E-state index in [0.717, 1.165) is 16.5 Å². The second-order valence-electron chi connectivity index (χ2n) is 7.23. The van der Waals surface area contributed by atoms with Gasteiger partial charge in [0.1, 0.15) is 5.69 Å². The topological polar surface area (TPSA) is 66.2 Å². The summed E-state index contributed by atoms with van der Waals surface area (Å²) in [5.74, 6) is -0.302. The standard InChI is InChI=1S/C21H29N3O2S/c1-3-26-20(25)19-16(17-13-14(2)9-10-18(17)24-19)11-12-22-21(27)23-15-7-5-4-6-8-15/h9-10,13,15,24H,3-8,11-12H2,1-2H3,(H2,22,23,27). The Kier molecular flexibility index (Phi) is 6.72. The minimum absolute atomic E-state index is 0.302. The summed E-state index contributed by atoms with van der Waals surface area (Å²) in [4.78, 5) is 15.6. The van der Waals surface area contributed by atoms with E-state index in [2.05, 4.69) is 28.6 Å². The summed E-state index contributed by atoms with van der Waals surface area (Å²) in [7, 11) is 0. The zero-order valence-electron chi connectivity index (χ0n) is 16.2. The number of esters is 1. The van der Waals surface area contributed by atoms with Gasteiger partial charge in [0.15, 0.2) is 5.11 Å². The number of aryl methyl sites for hydroxylation is 1. The number of hydrogen-bond donors (Lipinski definition) is 3. The zero-order chi connectivity index (χ0) is 19.2. The molecule has 1 aliphatic rings. The molecule has 1 aromatic carbocycles. The summed E-state index contributed by atoms with van der Waals surface area (Å²) < 4.78 is 5.23. The molecule has 0 unspecified atom stereocenters. The number of carbonyl (C=O) groups is 1. The first-order valence-electron chi connectivity index (χ1n) is 9.91. The second kappa shape index (κ2) is 9.22. The summed E-state index contributed by atoms with van der Waals surface area (Å²) in [6, 6.07) is 6.66. The normalized spacial score (nSPS) is 14.9. The number of benzene rings is 1. The van der Waals surface area contributed by atoms with Crippen molar-refractivity contribution < 1.29 is 9.53 Å². The number of thiocarbonyl (C=S) groups is 1. The van der Waals surface area contributed by atoms with Crippen LogP contribution in [0.3, 0.4) is 0 Å². The maximum atomic E-state index is 12.4. The van der Waals surface area contributed by atoms with Crippen molar-refractivity contribution in [3.63, 3.8) is 0 Å². The molecule has 1 heterocycles. The van der Waals surface area contributed by atoms with E-state index in [1.54, 1.807) is 0 Å². The lowest BCUT2D eigenvalue weighted by Gasteiger charge is -2.24. The highest BCUT2D eigenvalue weighted by Crippen LogP contribution is 2.25. The largest absolute Gasteiger partial charge is 0.461 e. The molecule has 1 aromatic heterocycles. The van der Waals surface area contributed by atoms with Crippen LogP contribution in [0.15, 0.2) is 18.2 Å². The van der Waals surface area contributed by atoms with Gasteiger partial charge < -0.3 is 20.4 Å². The molecule has 0 spiro atoms. The van der Waals surface area contributed by atoms with Crippen LogP contribution in [-0.2, 0) is 11.2 Å².